The van der Waals surface area contributed by atoms with E-state index in [9.17, 15) is 19.2 Å². The fourth-order valence-corrected chi connectivity index (χ4v) is 8.62. The zero-order valence-electron chi connectivity index (χ0n) is 26.7. The molecule has 6 nitrogen and oxygen atoms in total. The van der Waals surface area contributed by atoms with Gasteiger partial charge in [-0.3, -0.25) is 19.2 Å². The molecule has 0 fully saturated rings. The maximum absolute atomic E-state index is 13.8. The lowest BCUT2D eigenvalue weighted by Gasteiger charge is -2.22. The van der Waals surface area contributed by atoms with Crippen LogP contribution in [-0.2, 0) is 12.8 Å². The number of aromatic nitrogens is 2. The van der Waals surface area contributed by atoms with Gasteiger partial charge in [-0.05, 0) is 61.1 Å². The van der Waals surface area contributed by atoms with E-state index in [-0.39, 0.29) is 21.7 Å². The van der Waals surface area contributed by atoms with Gasteiger partial charge < -0.3 is 8.80 Å². The summed E-state index contributed by atoms with van der Waals surface area (Å²) in [5.41, 5.74) is 5.86. The van der Waals surface area contributed by atoms with Crippen molar-refractivity contribution in [1.82, 2.24) is 8.80 Å². The normalized spacial score (nSPS) is 12.8. The molecule has 0 unspecified atom stereocenters. The number of benzene rings is 4. The molecule has 4 aromatic carbocycles. The molecule has 48 heavy (non-hydrogen) atoms. The monoisotopic (exact) mass is 626 g/mol. The molecule has 10 aromatic rings. The van der Waals surface area contributed by atoms with Gasteiger partial charge in [-0.15, -0.1) is 0 Å². The van der Waals surface area contributed by atoms with Crippen LogP contribution in [0.5, 0.6) is 0 Å². The van der Waals surface area contributed by atoms with Crippen molar-refractivity contribution in [3.8, 4) is 0 Å². The van der Waals surface area contributed by atoms with Crippen LogP contribution < -0.4 is 21.7 Å². The zero-order valence-corrected chi connectivity index (χ0v) is 26.7. The fraction of sp³-hybridized carbons (Fsp3) is 0.190. The Hall–Kier alpha value is -5.62. The van der Waals surface area contributed by atoms with E-state index in [4.69, 9.17) is 0 Å². The Morgan fingerprint density at radius 1 is 0.417 bits per heavy atom. The van der Waals surface area contributed by atoms with E-state index in [0.717, 1.165) is 104 Å². The maximum Gasteiger partial charge on any atom is 0.190 e. The summed E-state index contributed by atoms with van der Waals surface area (Å²) >= 11 is 0. The second kappa shape index (κ2) is 9.48. The molecule has 0 aliphatic carbocycles. The molecule has 10 rings (SSSR count). The SMILES string of the molecule is CCCCc1cc2c(=O)cc3c4ccc5c6c(ccc(c46)c4cc(=O)c(c1)c2n34)c1cc(=O)c2cc(CCCC)cc3c(=O)cc5n1c32. The van der Waals surface area contributed by atoms with Crippen molar-refractivity contribution in [2.45, 2.75) is 52.4 Å². The quantitative estimate of drug-likeness (QED) is 0.138. The molecule has 6 aromatic heterocycles. The first-order chi connectivity index (χ1) is 23.4. The summed E-state index contributed by atoms with van der Waals surface area (Å²) in [6, 6.07) is 22.8. The van der Waals surface area contributed by atoms with Crippen LogP contribution in [0.25, 0.3) is 87.0 Å². The number of pyridine rings is 6. The minimum atomic E-state index is -0.108. The molecule has 0 saturated carbocycles. The Morgan fingerprint density at radius 2 is 0.708 bits per heavy atom. The van der Waals surface area contributed by atoms with Crippen LogP contribution in [0.4, 0.5) is 0 Å². The number of hydrogen-bond donors (Lipinski definition) is 0. The highest BCUT2D eigenvalue weighted by molar-refractivity contribution is 6.33. The standard InChI is InChI=1S/C42H30N2O4/c1-3-5-7-21-13-27-35(45)17-31-23-9-11-25-33-19-37(47)29-15-22(8-6-4-2)16-30-38(48)20-34(44(33)42(29)30)26-12-10-24(39(23)40(25)26)32-18-36(46)28(14-21)41(27)43(31)32/h9-20H,3-8H2,1-2H3. The molecular weight excluding hydrogens is 596 g/mol. The summed E-state index contributed by atoms with van der Waals surface area (Å²) in [6.45, 7) is 4.26. The van der Waals surface area contributed by atoms with Gasteiger partial charge in [0.15, 0.2) is 21.7 Å². The highest BCUT2D eigenvalue weighted by Gasteiger charge is 2.23. The molecule has 0 aliphatic heterocycles. The van der Waals surface area contributed by atoms with E-state index >= 15 is 0 Å². The molecule has 6 heteroatoms. The topological polar surface area (TPSA) is 77.1 Å². The van der Waals surface area contributed by atoms with Gasteiger partial charge >= 0.3 is 0 Å². The Kier molecular flexibility index (Phi) is 5.43. The van der Waals surface area contributed by atoms with Gasteiger partial charge in [0.05, 0.1) is 33.1 Å². The lowest BCUT2D eigenvalue weighted by Crippen LogP contribution is -2.14. The van der Waals surface area contributed by atoms with Gasteiger partial charge in [0, 0.05) is 78.1 Å². The van der Waals surface area contributed by atoms with E-state index in [1.807, 2.05) is 48.5 Å². The molecule has 0 bridgehead atoms. The van der Waals surface area contributed by atoms with Crippen molar-refractivity contribution in [3.63, 3.8) is 0 Å². The minimum absolute atomic E-state index is 0.108. The third-order valence-corrected chi connectivity index (χ3v) is 10.8. The second-order valence-corrected chi connectivity index (χ2v) is 13.6. The van der Waals surface area contributed by atoms with Crippen LogP contribution in [-0.4, -0.2) is 8.80 Å². The predicted octanol–water partition coefficient (Wildman–Crippen LogP) is 8.14. The van der Waals surface area contributed by atoms with E-state index in [0.29, 0.717) is 32.6 Å². The second-order valence-electron chi connectivity index (χ2n) is 13.6. The molecule has 0 spiro atoms. The average Bonchev–Trinajstić information content (AvgIpc) is 3.09. The van der Waals surface area contributed by atoms with Crippen molar-refractivity contribution in [2.75, 3.05) is 0 Å². The lowest BCUT2D eigenvalue weighted by atomic mass is 9.91. The summed E-state index contributed by atoms with van der Waals surface area (Å²) < 4.78 is 4.16. The molecule has 0 N–H and O–H groups in total. The van der Waals surface area contributed by atoms with Gasteiger partial charge in [-0.25, -0.2) is 0 Å². The largest absolute Gasteiger partial charge is 0.307 e. The smallest absolute Gasteiger partial charge is 0.190 e. The summed E-state index contributed by atoms with van der Waals surface area (Å²) in [5, 5.41) is 7.64. The number of nitrogens with zero attached hydrogens (tertiary/aromatic N) is 2. The number of fused-ring (bicyclic) bond motifs is 4. The molecular formula is C42H30N2O4. The van der Waals surface area contributed by atoms with Gasteiger partial charge in [0.1, 0.15) is 0 Å². The van der Waals surface area contributed by atoms with Crippen molar-refractivity contribution in [1.29, 1.82) is 0 Å². The average molecular weight is 627 g/mol. The third-order valence-electron chi connectivity index (χ3n) is 10.8. The highest BCUT2D eigenvalue weighted by Crippen LogP contribution is 2.43. The molecule has 0 amide bonds. The molecule has 0 saturated heterocycles. The third kappa shape index (κ3) is 3.37. The first kappa shape index (κ1) is 27.5. The Balaban J connectivity index is 1.40. The number of aryl methyl sites for hydroxylation is 2. The van der Waals surface area contributed by atoms with Crippen LogP contribution in [0.15, 0.2) is 92.0 Å². The van der Waals surface area contributed by atoms with Gasteiger partial charge in [0.25, 0.3) is 0 Å². The van der Waals surface area contributed by atoms with Crippen molar-refractivity contribution < 1.29 is 0 Å². The van der Waals surface area contributed by atoms with E-state index in [1.54, 1.807) is 24.3 Å². The number of unbranched alkanes of at least 4 members (excludes halogenated alkanes) is 2. The Bertz CT molecular complexity index is 2820. The molecule has 0 radical (unpaired) electrons. The van der Waals surface area contributed by atoms with Crippen LogP contribution in [0.3, 0.4) is 0 Å². The maximum atomic E-state index is 13.8. The van der Waals surface area contributed by atoms with Gasteiger partial charge in [-0.1, -0.05) is 51.0 Å². The lowest BCUT2D eigenvalue weighted by molar-refractivity contribution is 0.796. The molecule has 0 atom stereocenters. The van der Waals surface area contributed by atoms with Crippen LogP contribution >= 0.6 is 0 Å². The summed E-state index contributed by atoms with van der Waals surface area (Å²) in [4.78, 5) is 55.3. The van der Waals surface area contributed by atoms with E-state index in [1.165, 1.54) is 0 Å². The van der Waals surface area contributed by atoms with E-state index < -0.39 is 0 Å². The van der Waals surface area contributed by atoms with Gasteiger partial charge in [0.2, 0.25) is 0 Å². The van der Waals surface area contributed by atoms with Crippen molar-refractivity contribution >= 4 is 87.0 Å². The predicted molar refractivity (Wildman–Crippen MR) is 198 cm³/mol. The van der Waals surface area contributed by atoms with E-state index in [2.05, 4.69) is 22.6 Å². The Labute approximate surface area is 272 Å². The summed E-state index contributed by atoms with van der Waals surface area (Å²) in [6.07, 6.45) is 5.67. The van der Waals surface area contributed by atoms with Crippen LogP contribution in [0, 0.1) is 0 Å². The van der Waals surface area contributed by atoms with Crippen LogP contribution in [0.2, 0.25) is 0 Å². The minimum Gasteiger partial charge on any atom is -0.307 e. The number of hydrogen-bond acceptors (Lipinski definition) is 4. The van der Waals surface area contributed by atoms with Gasteiger partial charge in [-0.2, -0.15) is 0 Å². The Morgan fingerprint density at radius 3 is 0.979 bits per heavy atom. The molecule has 232 valence electrons. The first-order valence-electron chi connectivity index (χ1n) is 17.0. The first-order valence-corrected chi connectivity index (χ1v) is 17.0. The molecule has 0 aliphatic rings. The molecule has 6 heterocycles. The van der Waals surface area contributed by atoms with Crippen molar-refractivity contribution in [3.05, 3.63) is 125 Å². The zero-order chi connectivity index (χ0) is 32.6. The highest BCUT2D eigenvalue weighted by atomic mass is 16.1. The van der Waals surface area contributed by atoms with Crippen molar-refractivity contribution in [2.24, 2.45) is 0 Å². The fourth-order valence-electron chi connectivity index (χ4n) is 8.62. The summed E-state index contributed by atoms with van der Waals surface area (Å²) in [7, 11) is 0. The summed E-state index contributed by atoms with van der Waals surface area (Å²) in [5.74, 6) is 0. The number of rotatable bonds is 6. The van der Waals surface area contributed by atoms with Crippen LogP contribution in [0.1, 0.15) is 50.7 Å².